The number of methoxy groups -OCH3 is 1. The number of rotatable bonds is 6. The van der Waals surface area contributed by atoms with Crippen molar-refractivity contribution in [1.82, 2.24) is 10.2 Å². The Morgan fingerprint density at radius 2 is 2.14 bits per heavy atom. The molecule has 1 saturated heterocycles. The Bertz CT molecular complexity index is 514. The van der Waals surface area contributed by atoms with Crippen LogP contribution in [0.25, 0.3) is 0 Å². The van der Waals surface area contributed by atoms with Gasteiger partial charge in [-0.15, -0.1) is 0 Å². The highest BCUT2D eigenvalue weighted by Gasteiger charge is 2.26. The number of carbonyl (C=O) groups excluding carboxylic acids is 1. The van der Waals surface area contributed by atoms with Gasteiger partial charge in [0, 0.05) is 12.6 Å². The van der Waals surface area contributed by atoms with E-state index in [2.05, 4.69) is 22.3 Å². The van der Waals surface area contributed by atoms with Gasteiger partial charge in [-0.25, -0.2) is 0 Å². The van der Waals surface area contributed by atoms with Gasteiger partial charge in [-0.3, -0.25) is 9.69 Å². The molecule has 0 bridgehead atoms. The second-order valence-corrected chi connectivity index (χ2v) is 6.60. The van der Waals surface area contributed by atoms with Gasteiger partial charge < -0.3 is 10.1 Å². The number of piperidine rings is 1. The van der Waals surface area contributed by atoms with E-state index in [4.69, 9.17) is 4.74 Å². The third-order valence-corrected chi connectivity index (χ3v) is 4.61. The van der Waals surface area contributed by atoms with Crippen molar-refractivity contribution < 1.29 is 9.53 Å². The molecule has 1 atom stereocenters. The van der Waals surface area contributed by atoms with Crippen LogP contribution >= 0.6 is 0 Å². The van der Waals surface area contributed by atoms with Gasteiger partial charge in [-0.1, -0.05) is 18.2 Å². The summed E-state index contributed by atoms with van der Waals surface area (Å²) in [7, 11) is 1.73. The van der Waals surface area contributed by atoms with Crippen LogP contribution < -0.4 is 10.1 Å². The molecule has 3 rings (SSSR count). The Hall–Kier alpha value is -1.55. The highest BCUT2D eigenvalue weighted by molar-refractivity contribution is 5.78. The van der Waals surface area contributed by atoms with Gasteiger partial charge in [0.1, 0.15) is 5.75 Å². The number of nitrogens with one attached hydrogen (secondary N) is 1. The van der Waals surface area contributed by atoms with Crippen LogP contribution in [0.3, 0.4) is 0 Å². The normalized spacial score (nSPS) is 22.3. The fourth-order valence-electron chi connectivity index (χ4n) is 3.35. The van der Waals surface area contributed by atoms with Crippen LogP contribution in [0.1, 0.15) is 31.2 Å². The van der Waals surface area contributed by atoms with E-state index in [9.17, 15) is 4.79 Å². The topological polar surface area (TPSA) is 41.6 Å². The minimum absolute atomic E-state index is 0.195. The van der Waals surface area contributed by atoms with E-state index in [0.717, 1.165) is 38.1 Å². The molecule has 1 N–H and O–H groups in total. The number of para-hydroxylation sites is 1. The number of ether oxygens (including phenoxy) is 1. The summed E-state index contributed by atoms with van der Waals surface area (Å²) in [6.45, 7) is 2.61. The molecule has 1 aliphatic heterocycles. The van der Waals surface area contributed by atoms with E-state index < -0.39 is 0 Å². The monoisotopic (exact) mass is 302 g/mol. The van der Waals surface area contributed by atoms with Crippen molar-refractivity contribution in [2.24, 2.45) is 5.92 Å². The van der Waals surface area contributed by atoms with Crippen molar-refractivity contribution in [3.63, 3.8) is 0 Å². The molecule has 4 heteroatoms. The van der Waals surface area contributed by atoms with Crippen LogP contribution in [0.5, 0.6) is 5.75 Å². The van der Waals surface area contributed by atoms with E-state index in [0.29, 0.717) is 18.5 Å². The molecule has 1 saturated carbocycles. The standard InChI is InChI=1S/C18H26N2O2/c1-22-17-7-3-2-6-15(17)11-14-5-4-10-20(12-14)13-18(21)19-16-8-9-16/h2-3,6-7,14,16H,4-5,8-13H2,1H3,(H,19,21)/t14-/m0/s1. The van der Waals surface area contributed by atoms with Gasteiger partial charge >= 0.3 is 0 Å². The number of likely N-dealkylation sites (tertiary alicyclic amines) is 1. The minimum Gasteiger partial charge on any atom is -0.496 e. The van der Waals surface area contributed by atoms with Crippen molar-refractivity contribution in [2.75, 3.05) is 26.7 Å². The van der Waals surface area contributed by atoms with Crippen LogP contribution in [-0.4, -0.2) is 43.6 Å². The summed E-state index contributed by atoms with van der Waals surface area (Å²) in [5, 5.41) is 3.08. The third kappa shape index (κ3) is 4.23. The van der Waals surface area contributed by atoms with E-state index in [-0.39, 0.29) is 5.91 Å². The van der Waals surface area contributed by atoms with E-state index in [1.54, 1.807) is 7.11 Å². The molecule has 0 aromatic heterocycles. The van der Waals surface area contributed by atoms with Crippen LogP contribution in [0, 0.1) is 5.92 Å². The van der Waals surface area contributed by atoms with Gasteiger partial charge in [0.25, 0.3) is 0 Å². The quantitative estimate of drug-likeness (QED) is 0.876. The summed E-state index contributed by atoms with van der Waals surface area (Å²) < 4.78 is 5.45. The molecule has 2 fully saturated rings. The second-order valence-electron chi connectivity index (χ2n) is 6.60. The maximum Gasteiger partial charge on any atom is 0.234 e. The molecule has 1 heterocycles. The Balaban J connectivity index is 1.52. The molecule has 1 aromatic carbocycles. The predicted octanol–water partition coefficient (Wildman–Crippen LogP) is 2.23. The lowest BCUT2D eigenvalue weighted by atomic mass is 9.91. The summed E-state index contributed by atoms with van der Waals surface area (Å²) in [5.41, 5.74) is 1.28. The van der Waals surface area contributed by atoms with Gasteiger partial charge in [0.2, 0.25) is 5.91 Å². The predicted molar refractivity (Wildman–Crippen MR) is 87.0 cm³/mol. The van der Waals surface area contributed by atoms with Crippen molar-refractivity contribution in [2.45, 2.75) is 38.1 Å². The molecule has 22 heavy (non-hydrogen) atoms. The maximum atomic E-state index is 12.0. The van der Waals surface area contributed by atoms with Gasteiger partial charge in [-0.05, 0) is 56.2 Å². The van der Waals surface area contributed by atoms with Gasteiger partial charge in [0.05, 0.1) is 13.7 Å². The lowest BCUT2D eigenvalue weighted by Gasteiger charge is -2.32. The first-order valence-corrected chi connectivity index (χ1v) is 8.38. The number of amides is 1. The average Bonchev–Trinajstić information content (AvgIpc) is 3.32. The van der Waals surface area contributed by atoms with E-state index in [1.165, 1.54) is 18.4 Å². The first-order chi connectivity index (χ1) is 10.7. The maximum absolute atomic E-state index is 12.0. The highest BCUT2D eigenvalue weighted by Crippen LogP contribution is 2.26. The number of nitrogens with zero attached hydrogens (tertiary/aromatic N) is 1. The summed E-state index contributed by atoms with van der Waals surface area (Å²) in [6, 6.07) is 8.72. The molecule has 2 aliphatic rings. The Kier molecular flexibility index (Phi) is 4.98. The Labute approximate surface area is 132 Å². The van der Waals surface area contributed by atoms with Crippen molar-refractivity contribution >= 4 is 5.91 Å². The van der Waals surface area contributed by atoms with E-state index in [1.807, 2.05) is 12.1 Å². The van der Waals surface area contributed by atoms with E-state index >= 15 is 0 Å². The molecule has 0 unspecified atom stereocenters. The number of benzene rings is 1. The zero-order chi connectivity index (χ0) is 15.4. The Morgan fingerprint density at radius 3 is 2.91 bits per heavy atom. The van der Waals surface area contributed by atoms with Crippen molar-refractivity contribution in [3.05, 3.63) is 29.8 Å². The zero-order valence-corrected chi connectivity index (χ0v) is 13.4. The van der Waals surface area contributed by atoms with Gasteiger partial charge in [0.15, 0.2) is 0 Å². The number of hydrogen-bond acceptors (Lipinski definition) is 3. The number of hydrogen-bond donors (Lipinski definition) is 1. The molecule has 1 aliphatic carbocycles. The zero-order valence-electron chi connectivity index (χ0n) is 13.4. The smallest absolute Gasteiger partial charge is 0.234 e. The summed E-state index contributed by atoms with van der Waals surface area (Å²) in [4.78, 5) is 14.3. The van der Waals surface area contributed by atoms with Crippen molar-refractivity contribution in [1.29, 1.82) is 0 Å². The largest absolute Gasteiger partial charge is 0.496 e. The number of carbonyl (C=O) groups is 1. The highest BCUT2D eigenvalue weighted by atomic mass is 16.5. The molecular weight excluding hydrogens is 276 g/mol. The first kappa shape index (κ1) is 15.3. The third-order valence-electron chi connectivity index (χ3n) is 4.61. The van der Waals surface area contributed by atoms with Crippen molar-refractivity contribution in [3.8, 4) is 5.75 Å². The molecular formula is C18H26N2O2. The van der Waals surface area contributed by atoms with Crippen LogP contribution in [0.4, 0.5) is 0 Å². The van der Waals surface area contributed by atoms with Crippen LogP contribution in [-0.2, 0) is 11.2 Å². The second kappa shape index (κ2) is 7.14. The SMILES string of the molecule is COc1ccccc1C[C@@H]1CCCN(CC(=O)NC2CC2)C1. The summed E-state index contributed by atoms with van der Waals surface area (Å²) >= 11 is 0. The minimum atomic E-state index is 0.195. The first-order valence-electron chi connectivity index (χ1n) is 8.38. The fraction of sp³-hybridized carbons (Fsp3) is 0.611. The van der Waals surface area contributed by atoms with Gasteiger partial charge in [-0.2, -0.15) is 0 Å². The average molecular weight is 302 g/mol. The molecule has 120 valence electrons. The fourth-order valence-corrected chi connectivity index (χ4v) is 3.35. The molecule has 1 aromatic rings. The molecule has 4 nitrogen and oxygen atoms in total. The van der Waals surface area contributed by atoms with Crippen LogP contribution in [0.15, 0.2) is 24.3 Å². The Morgan fingerprint density at radius 1 is 1.32 bits per heavy atom. The van der Waals surface area contributed by atoms with Crippen LogP contribution in [0.2, 0.25) is 0 Å². The summed E-state index contributed by atoms with van der Waals surface area (Å²) in [5.74, 6) is 1.78. The molecule has 0 spiro atoms. The summed E-state index contributed by atoms with van der Waals surface area (Å²) in [6.07, 6.45) is 5.75. The lowest BCUT2D eigenvalue weighted by molar-refractivity contribution is -0.122. The molecule has 1 amide bonds. The lowest BCUT2D eigenvalue weighted by Crippen LogP contribution is -2.43. The molecule has 0 radical (unpaired) electrons.